The Kier molecular flexibility index (Phi) is 7.12. The summed E-state index contributed by atoms with van der Waals surface area (Å²) in [7, 11) is 0. The smallest absolute Gasteiger partial charge is 0.129 e. The van der Waals surface area contributed by atoms with E-state index in [1.807, 2.05) is 0 Å². The van der Waals surface area contributed by atoms with Crippen LogP contribution in [0.1, 0.15) is 12.0 Å². The lowest BCUT2D eigenvalue weighted by Crippen LogP contribution is -2.17. The van der Waals surface area contributed by atoms with Crippen LogP contribution in [0.25, 0.3) is 0 Å². The van der Waals surface area contributed by atoms with Gasteiger partial charge in [-0.25, -0.2) is 4.39 Å². The normalized spacial score (nSPS) is 10.8. The number of aliphatic hydroxyl groups is 1. The number of hydrogen-bond donors (Lipinski definition) is 2. The summed E-state index contributed by atoms with van der Waals surface area (Å²) >= 11 is 5.88. The van der Waals surface area contributed by atoms with Gasteiger partial charge in [0, 0.05) is 23.7 Å². The molecule has 0 radical (unpaired) electrons. The van der Waals surface area contributed by atoms with E-state index in [0.717, 1.165) is 13.0 Å². The monoisotopic (exact) mass is 261 g/mol. The Labute approximate surface area is 106 Å². The van der Waals surface area contributed by atoms with Crippen LogP contribution in [-0.2, 0) is 11.3 Å². The van der Waals surface area contributed by atoms with Gasteiger partial charge in [-0.3, -0.25) is 0 Å². The molecule has 0 fully saturated rings. The highest BCUT2D eigenvalue weighted by molar-refractivity contribution is 6.31. The third-order valence-electron chi connectivity index (χ3n) is 2.24. The maximum Gasteiger partial charge on any atom is 0.129 e. The van der Waals surface area contributed by atoms with Gasteiger partial charge in [0.15, 0.2) is 0 Å². The summed E-state index contributed by atoms with van der Waals surface area (Å²) in [5.41, 5.74) is 0.491. The van der Waals surface area contributed by atoms with Gasteiger partial charge < -0.3 is 15.2 Å². The molecule has 1 aromatic rings. The summed E-state index contributed by atoms with van der Waals surface area (Å²) in [6.07, 6.45) is 0.812. The first-order chi connectivity index (χ1) is 8.25. The van der Waals surface area contributed by atoms with Crippen LogP contribution in [0.3, 0.4) is 0 Å². The molecule has 0 aliphatic rings. The van der Waals surface area contributed by atoms with Crippen molar-refractivity contribution < 1.29 is 14.2 Å². The molecule has 0 spiro atoms. The number of ether oxygens (including phenoxy) is 1. The van der Waals surface area contributed by atoms with E-state index < -0.39 is 0 Å². The predicted molar refractivity (Wildman–Crippen MR) is 65.6 cm³/mol. The van der Waals surface area contributed by atoms with Gasteiger partial charge in [0.1, 0.15) is 5.82 Å². The summed E-state index contributed by atoms with van der Waals surface area (Å²) < 4.78 is 18.4. The molecule has 0 atom stereocenters. The fraction of sp³-hybridized carbons (Fsp3) is 0.500. The highest BCUT2D eigenvalue weighted by Crippen LogP contribution is 2.18. The molecule has 3 nitrogen and oxygen atoms in total. The highest BCUT2D eigenvalue weighted by atomic mass is 35.5. The Morgan fingerprint density at radius 2 is 2.18 bits per heavy atom. The van der Waals surface area contributed by atoms with Gasteiger partial charge in [-0.2, -0.15) is 0 Å². The molecule has 96 valence electrons. The number of halogens is 2. The van der Waals surface area contributed by atoms with Gasteiger partial charge in [0.25, 0.3) is 0 Å². The van der Waals surface area contributed by atoms with E-state index >= 15 is 0 Å². The van der Waals surface area contributed by atoms with Crippen LogP contribution in [0.15, 0.2) is 18.2 Å². The first-order valence-electron chi connectivity index (χ1n) is 5.58. The zero-order valence-electron chi connectivity index (χ0n) is 9.59. The van der Waals surface area contributed by atoms with E-state index in [4.69, 9.17) is 21.4 Å². The predicted octanol–water partition coefficient (Wildman–Crippen LogP) is 1.97. The molecule has 0 aliphatic heterocycles. The van der Waals surface area contributed by atoms with Crippen LogP contribution in [0.2, 0.25) is 5.02 Å². The third kappa shape index (κ3) is 5.46. The SMILES string of the molecule is OCCOCCCNCc1c(F)cccc1Cl. The van der Waals surface area contributed by atoms with Crippen molar-refractivity contribution in [1.82, 2.24) is 5.32 Å². The van der Waals surface area contributed by atoms with Crippen molar-refractivity contribution in [2.24, 2.45) is 0 Å². The number of rotatable bonds is 8. The average molecular weight is 262 g/mol. The van der Waals surface area contributed by atoms with E-state index in [1.165, 1.54) is 6.07 Å². The molecule has 0 amide bonds. The van der Waals surface area contributed by atoms with Crippen LogP contribution in [0.5, 0.6) is 0 Å². The first-order valence-corrected chi connectivity index (χ1v) is 5.95. The molecule has 0 unspecified atom stereocenters. The maximum absolute atomic E-state index is 13.3. The van der Waals surface area contributed by atoms with Crippen LogP contribution >= 0.6 is 11.6 Å². The molecule has 2 N–H and O–H groups in total. The Hall–Kier alpha value is -0.680. The van der Waals surface area contributed by atoms with Crippen molar-refractivity contribution in [3.63, 3.8) is 0 Å². The standard InChI is InChI=1S/C12H17ClFNO2/c13-11-3-1-4-12(14)10(11)9-15-5-2-7-17-8-6-16/h1,3-4,15-16H,2,5-9H2. The minimum Gasteiger partial charge on any atom is -0.394 e. The quantitative estimate of drug-likeness (QED) is 0.703. The molecule has 0 saturated heterocycles. The second kappa shape index (κ2) is 8.42. The highest BCUT2D eigenvalue weighted by Gasteiger charge is 2.05. The molecule has 1 rings (SSSR count). The number of hydrogen-bond acceptors (Lipinski definition) is 3. The average Bonchev–Trinajstić information content (AvgIpc) is 2.31. The Morgan fingerprint density at radius 3 is 2.88 bits per heavy atom. The fourth-order valence-corrected chi connectivity index (χ4v) is 1.61. The zero-order valence-corrected chi connectivity index (χ0v) is 10.3. The maximum atomic E-state index is 13.3. The molecular formula is C12H17ClFNO2. The van der Waals surface area contributed by atoms with Crippen LogP contribution < -0.4 is 5.32 Å². The van der Waals surface area contributed by atoms with E-state index in [1.54, 1.807) is 12.1 Å². The van der Waals surface area contributed by atoms with Gasteiger partial charge in [0.2, 0.25) is 0 Å². The Morgan fingerprint density at radius 1 is 1.35 bits per heavy atom. The van der Waals surface area contributed by atoms with E-state index in [0.29, 0.717) is 30.3 Å². The number of benzene rings is 1. The van der Waals surface area contributed by atoms with Gasteiger partial charge in [0.05, 0.1) is 13.2 Å². The van der Waals surface area contributed by atoms with Gasteiger partial charge in [-0.1, -0.05) is 17.7 Å². The number of nitrogens with one attached hydrogen (secondary N) is 1. The minimum absolute atomic E-state index is 0.0399. The second-order valence-corrected chi connectivity index (χ2v) is 3.97. The number of aliphatic hydroxyl groups excluding tert-OH is 1. The largest absolute Gasteiger partial charge is 0.394 e. The fourth-order valence-electron chi connectivity index (χ4n) is 1.38. The summed E-state index contributed by atoms with van der Waals surface area (Å²) in [4.78, 5) is 0. The molecular weight excluding hydrogens is 245 g/mol. The molecule has 0 aromatic heterocycles. The summed E-state index contributed by atoms with van der Waals surface area (Å²) in [5.74, 6) is -0.290. The lowest BCUT2D eigenvalue weighted by Gasteiger charge is -2.07. The van der Waals surface area contributed by atoms with Crippen molar-refractivity contribution >= 4 is 11.6 Å². The van der Waals surface area contributed by atoms with Crippen LogP contribution in [0.4, 0.5) is 4.39 Å². The second-order valence-electron chi connectivity index (χ2n) is 3.57. The minimum atomic E-state index is -0.290. The molecule has 1 aromatic carbocycles. The van der Waals surface area contributed by atoms with E-state index in [-0.39, 0.29) is 12.4 Å². The molecule has 0 aliphatic carbocycles. The molecule has 0 heterocycles. The van der Waals surface area contributed by atoms with Crippen molar-refractivity contribution in [2.45, 2.75) is 13.0 Å². The Bertz CT molecular complexity index is 316. The van der Waals surface area contributed by atoms with E-state index in [2.05, 4.69) is 5.32 Å². The van der Waals surface area contributed by atoms with Crippen molar-refractivity contribution in [3.8, 4) is 0 Å². The summed E-state index contributed by atoms with van der Waals surface area (Å²) in [5, 5.41) is 12.0. The molecule has 17 heavy (non-hydrogen) atoms. The van der Waals surface area contributed by atoms with E-state index in [9.17, 15) is 4.39 Å². The summed E-state index contributed by atoms with van der Waals surface area (Å²) in [6, 6.07) is 4.66. The molecule has 5 heteroatoms. The topological polar surface area (TPSA) is 41.5 Å². The third-order valence-corrected chi connectivity index (χ3v) is 2.60. The van der Waals surface area contributed by atoms with Gasteiger partial charge in [-0.05, 0) is 25.1 Å². The lowest BCUT2D eigenvalue weighted by molar-refractivity contribution is 0.0907. The summed E-state index contributed by atoms with van der Waals surface area (Å²) in [6.45, 7) is 2.11. The van der Waals surface area contributed by atoms with Crippen LogP contribution in [-0.4, -0.2) is 31.5 Å². The van der Waals surface area contributed by atoms with Crippen molar-refractivity contribution in [1.29, 1.82) is 0 Å². The van der Waals surface area contributed by atoms with Crippen LogP contribution in [0, 0.1) is 5.82 Å². The van der Waals surface area contributed by atoms with Crippen molar-refractivity contribution in [2.75, 3.05) is 26.4 Å². The molecule has 0 bridgehead atoms. The Balaban J connectivity index is 2.18. The van der Waals surface area contributed by atoms with Gasteiger partial charge in [-0.15, -0.1) is 0 Å². The zero-order chi connectivity index (χ0) is 12.5. The first kappa shape index (κ1) is 14.4. The van der Waals surface area contributed by atoms with Crippen molar-refractivity contribution in [3.05, 3.63) is 34.6 Å². The lowest BCUT2D eigenvalue weighted by atomic mass is 10.2. The van der Waals surface area contributed by atoms with Gasteiger partial charge >= 0.3 is 0 Å². The molecule has 0 saturated carbocycles.